The van der Waals surface area contributed by atoms with E-state index in [9.17, 15) is 22.4 Å². The molecule has 1 amide bonds. The second kappa shape index (κ2) is 3.71. The van der Waals surface area contributed by atoms with Gasteiger partial charge in [-0.25, -0.2) is 17.6 Å². The minimum Gasteiger partial charge on any atom is -0.365 e. The molecule has 14 heavy (non-hydrogen) atoms. The third-order valence-electron chi connectivity index (χ3n) is 1.46. The number of amides is 1. The van der Waals surface area contributed by atoms with Crippen LogP contribution >= 0.6 is 22.6 Å². The summed E-state index contributed by atoms with van der Waals surface area (Å²) in [6.07, 6.45) is 0. The maximum Gasteiger partial charge on any atom is 0.252 e. The van der Waals surface area contributed by atoms with Crippen molar-refractivity contribution in [3.05, 3.63) is 32.4 Å². The number of nitrogens with two attached hydrogens (primary N) is 1. The van der Waals surface area contributed by atoms with E-state index in [0.717, 1.165) is 0 Å². The van der Waals surface area contributed by atoms with Crippen molar-refractivity contribution in [1.82, 2.24) is 0 Å². The van der Waals surface area contributed by atoms with Gasteiger partial charge in [0, 0.05) is 0 Å². The van der Waals surface area contributed by atoms with E-state index in [2.05, 4.69) is 5.73 Å². The molecule has 0 spiro atoms. The van der Waals surface area contributed by atoms with Gasteiger partial charge in [0.1, 0.15) is 0 Å². The zero-order chi connectivity index (χ0) is 11.0. The molecule has 2 nitrogen and oxygen atoms in total. The minimum atomic E-state index is -2.04. The number of primary amides is 1. The van der Waals surface area contributed by atoms with Crippen molar-refractivity contribution >= 4 is 28.5 Å². The first-order valence-electron chi connectivity index (χ1n) is 3.19. The summed E-state index contributed by atoms with van der Waals surface area (Å²) in [7, 11) is 0. The summed E-state index contributed by atoms with van der Waals surface area (Å²) in [6, 6.07) is 0. The lowest BCUT2D eigenvalue weighted by molar-refractivity contribution is 0.0993. The molecule has 2 N–H and O–H groups in total. The molecule has 0 fully saturated rings. The van der Waals surface area contributed by atoms with Gasteiger partial charge in [0.05, 0.1) is 9.13 Å². The van der Waals surface area contributed by atoms with Crippen LogP contribution in [0.25, 0.3) is 0 Å². The highest BCUT2D eigenvalue weighted by atomic mass is 127. The molecule has 0 heterocycles. The summed E-state index contributed by atoms with van der Waals surface area (Å²) < 4.78 is 50.1. The van der Waals surface area contributed by atoms with Crippen LogP contribution in [0.1, 0.15) is 10.4 Å². The Labute approximate surface area is 89.2 Å². The van der Waals surface area contributed by atoms with Gasteiger partial charge in [-0.1, -0.05) is 0 Å². The van der Waals surface area contributed by atoms with Crippen LogP contribution in [0.5, 0.6) is 0 Å². The van der Waals surface area contributed by atoms with Crippen molar-refractivity contribution in [2.24, 2.45) is 5.73 Å². The normalized spacial score (nSPS) is 10.4. The Morgan fingerprint density at radius 1 is 1.00 bits per heavy atom. The molecule has 0 atom stereocenters. The lowest BCUT2D eigenvalue weighted by atomic mass is 10.2. The number of carbonyl (C=O) groups is 1. The first kappa shape index (κ1) is 11.2. The van der Waals surface area contributed by atoms with Gasteiger partial charge in [-0.05, 0) is 22.6 Å². The van der Waals surface area contributed by atoms with Crippen molar-refractivity contribution in [1.29, 1.82) is 0 Å². The zero-order valence-corrected chi connectivity index (χ0v) is 8.53. The van der Waals surface area contributed by atoms with E-state index in [1.165, 1.54) is 22.6 Å². The molecule has 0 aliphatic rings. The quantitative estimate of drug-likeness (QED) is 0.366. The maximum atomic E-state index is 12.9. The predicted molar refractivity (Wildman–Crippen MR) is 47.5 cm³/mol. The Morgan fingerprint density at radius 3 is 1.86 bits per heavy atom. The smallest absolute Gasteiger partial charge is 0.252 e. The van der Waals surface area contributed by atoms with Gasteiger partial charge >= 0.3 is 0 Å². The van der Waals surface area contributed by atoms with Crippen LogP contribution in [0.15, 0.2) is 0 Å². The topological polar surface area (TPSA) is 43.1 Å². The van der Waals surface area contributed by atoms with Crippen molar-refractivity contribution < 1.29 is 22.4 Å². The molecule has 1 rings (SSSR count). The Bertz CT molecular complexity index is 392. The summed E-state index contributed by atoms with van der Waals surface area (Å²) in [4.78, 5) is 10.6. The Hall–Kier alpha value is -0.860. The Morgan fingerprint density at radius 2 is 1.43 bits per heavy atom. The molecule has 0 aliphatic carbocycles. The Balaban J connectivity index is 3.68. The molecule has 0 saturated carbocycles. The number of rotatable bonds is 1. The fraction of sp³-hybridized carbons (Fsp3) is 0. The molecule has 0 radical (unpaired) electrons. The highest BCUT2D eigenvalue weighted by molar-refractivity contribution is 14.1. The summed E-state index contributed by atoms with van der Waals surface area (Å²) in [5.74, 6) is -8.77. The molecule has 7 heteroatoms. The molecule has 0 unspecified atom stereocenters. The van der Waals surface area contributed by atoms with Crippen LogP contribution in [0.2, 0.25) is 0 Å². The lowest BCUT2D eigenvalue weighted by Gasteiger charge is -2.05. The van der Waals surface area contributed by atoms with Gasteiger partial charge in [-0.15, -0.1) is 0 Å². The maximum absolute atomic E-state index is 12.9. The molecule has 0 aromatic heterocycles. The SMILES string of the molecule is NC(=O)c1c(F)c(F)c(F)c(F)c1I. The molecular weight excluding hydrogens is 317 g/mol. The average molecular weight is 319 g/mol. The first-order chi connectivity index (χ1) is 6.37. The van der Waals surface area contributed by atoms with E-state index in [-0.39, 0.29) is 0 Å². The highest BCUT2D eigenvalue weighted by Gasteiger charge is 2.26. The molecule has 76 valence electrons. The zero-order valence-electron chi connectivity index (χ0n) is 6.38. The van der Waals surface area contributed by atoms with Gasteiger partial charge in [-0.2, -0.15) is 0 Å². The largest absolute Gasteiger partial charge is 0.365 e. The second-order valence-electron chi connectivity index (χ2n) is 2.31. The van der Waals surface area contributed by atoms with Crippen LogP contribution < -0.4 is 5.73 Å². The van der Waals surface area contributed by atoms with E-state index in [1.54, 1.807) is 0 Å². The predicted octanol–water partition coefficient (Wildman–Crippen LogP) is 1.95. The number of hydrogen-bond donors (Lipinski definition) is 1. The molecule has 1 aromatic rings. The number of carbonyl (C=O) groups excluding carboxylic acids is 1. The lowest BCUT2D eigenvalue weighted by Crippen LogP contribution is -2.18. The van der Waals surface area contributed by atoms with E-state index in [4.69, 9.17) is 0 Å². The first-order valence-corrected chi connectivity index (χ1v) is 4.27. The van der Waals surface area contributed by atoms with Crippen LogP contribution in [-0.2, 0) is 0 Å². The average Bonchev–Trinajstić information content (AvgIpc) is 2.11. The van der Waals surface area contributed by atoms with Gasteiger partial charge in [-0.3, -0.25) is 4.79 Å². The molecule has 0 aliphatic heterocycles. The fourth-order valence-electron chi connectivity index (χ4n) is 0.821. The van der Waals surface area contributed by atoms with Crippen molar-refractivity contribution in [2.45, 2.75) is 0 Å². The minimum absolute atomic E-state index is 0.675. The van der Waals surface area contributed by atoms with Crippen molar-refractivity contribution in [3.63, 3.8) is 0 Å². The van der Waals surface area contributed by atoms with Gasteiger partial charge in [0.25, 0.3) is 5.91 Å². The summed E-state index contributed by atoms with van der Waals surface area (Å²) in [5, 5.41) is 0. The van der Waals surface area contributed by atoms with Crippen molar-refractivity contribution in [2.75, 3.05) is 0 Å². The van der Waals surface area contributed by atoms with E-state index in [0.29, 0.717) is 0 Å². The summed E-state index contributed by atoms with van der Waals surface area (Å²) >= 11 is 1.17. The fourth-order valence-corrected chi connectivity index (χ4v) is 1.56. The molecule has 0 bridgehead atoms. The third kappa shape index (κ3) is 1.56. The molecular formula is C7H2F4INO. The Kier molecular flexibility index (Phi) is 2.98. The monoisotopic (exact) mass is 319 g/mol. The van der Waals surface area contributed by atoms with E-state index >= 15 is 0 Å². The van der Waals surface area contributed by atoms with Crippen LogP contribution in [0, 0.1) is 26.8 Å². The number of halogens is 5. The summed E-state index contributed by atoms with van der Waals surface area (Å²) in [6.45, 7) is 0. The highest BCUT2D eigenvalue weighted by Crippen LogP contribution is 2.24. The van der Waals surface area contributed by atoms with Crippen LogP contribution in [0.4, 0.5) is 17.6 Å². The van der Waals surface area contributed by atoms with Gasteiger partial charge in [0.2, 0.25) is 0 Å². The second-order valence-corrected chi connectivity index (χ2v) is 3.39. The number of benzene rings is 1. The summed E-state index contributed by atoms with van der Waals surface area (Å²) in [5.41, 5.74) is 3.68. The van der Waals surface area contributed by atoms with E-state index < -0.39 is 38.3 Å². The van der Waals surface area contributed by atoms with Crippen LogP contribution in [-0.4, -0.2) is 5.91 Å². The third-order valence-corrected chi connectivity index (χ3v) is 2.47. The number of hydrogen-bond acceptors (Lipinski definition) is 1. The van der Waals surface area contributed by atoms with Crippen LogP contribution in [0.3, 0.4) is 0 Å². The van der Waals surface area contributed by atoms with Gasteiger partial charge in [0.15, 0.2) is 23.3 Å². The van der Waals surface area contributed by atoms with Gasteiger partial charge < -0.3 is 5.73 Å². The molecule has 1 aromatic carbocycles. The van der Waals surface area contributed by atoms with Crippen molar-refractivity contribution in [3.8, 4) is 0 Å². The molecule has 0 saturated heterocycles. The van der Waals surface area contributed by atoms with E-state index in [1.807, 2.05) is 0 Å². The standard InChI is InChI=1S/C7H2F4INO/c8-2-1(7(13)14)6(12)5(11)4(10)3(2)9/h(H2,13,14).